The van der Waals surface area contributed by atoms with E-state index in [9.17, 15) is 18.0 Å². The monoisotopic (exact) mass is 494 g/mol. The van der Waals surface area contributed by atoms with Gasteiger partial charge < -0.3 is 10.2 Å². The van der Waals surface area contributed by atoms with Gasteiger partial charge in [0.25, 0.3) is 0 Å². The molecule has 1 heterocycles. The first kappa shape index (κ1) is 26.1. The molecule has 0 aliphatic carbocycles. The Morgan fingerprint density at radius 1 is 0.857 bits per heavy atom. The number of amides is 2. The van der Waals surface area contributed by atoms with Gasteiger partial charge in [-0.05, 0) is 35.7 Å². The second-order valence-electron chi connectivity index (χ2n) is 8.27. The molecule has 0 aliphatic heterocycles. The molecule has 0 saturated carbocycles. The van der Waals surface area contributed by atoms with Crippen LogP contribution in [0.2, 0.25) is 0 Å². The summed E-state index contributed by atoms with van der Waals surface area (Å²) in [5.74, 6) is -0.790. The number of nitrogens with zero attached hydrogens (tertiary/aromatic N) is 3. The zero-order chi connectivity index (χ0) is 25.3. The molecular formula is C26H30N4O4S. The fourth-order valence-electron chi connectivity index (χ4n) is 3.52. The summed E-state index contributed by atoms with van der Waals surface area (Å²) in [6.45, 7) is 1.80. The fourth-order valence-corrected chi connectivity index (χ4v) is 4.25. The predicted molar refractivity (Wildman–Crippen MR) is 134 cm³/mol. The van der Waals surface area contributed by atoms with Crippen molar-refractivity contribution in [3.8, 4) is 0 Å². The third-order valence-corrected chi connectivity index (χ3v) is 6.76. The number of hydrogen-bond acceptors (Lipinski definition) is 5. The molecule has 0 fully saturated rings. The predicted octanol–water partition coefficient (Wildman–Crippen LogP) is 2.58. The normalized spacial score (nSPS) is 12.2. The van der Waals surface area contributed by atoms with E-state index in [1.165, 1.54) is 4.90 Å². The smallest absolute Gasteiger partial charge is 0.242 e. The quantitative estimate of drug-likeness (QED) is 0.442. The third-order valence-electron chi connectivity index (χ3n) is 5.56. The largest absolute Gasteiger partial charge is 0.350 e. The van der Waals surface area contributed by atoms with Crippen molar-refractivity contribution in [2.75, 3.05) is 12.8 Å². The molecule has 184 valence electrons. The Bertz CT molecular complexity index is 1210. The maximum atomic E-state index is 13.4. The molecule has 2 amide bonds. The lowest BCUT2D eigenvalue weighted by molar-refractivity contribution is -0.140. The van der Waals surface area contributed by atoms with Gasteiger partial charge in [0.1, 0.15) is 6.04 Å². The first-order valence-electron chi connectivity index (χ1n) is 11.2. The van der Waals surface area contributed by atoms with Crippen LogP contribution in [0, 0.1) is 0 Å². The summed E-state index contributed by atoms with van der Waals surface area (Å²) in [6, 6.07) is 21.1. The molecule has 2 aromatic carbocycles. The highest BCUT2D eigenvalue weighted by molar-refractivity contribution is 7.88. The van der Waals surface area contributed by atoms with Crippen molar-refractivity contribution in [1.29, 1.82) is 0 Å². The SMILES string of the molecule is CC(C(=O)NCc1ccncc1)N(Cc1ccccc1)C(=O)CN(Cc1ccccc1)S(C)(=O)=O. The summed E-state index contributed by atoms with van der Waals surface area (Å²) in [5, 5.41) is 2.85. The van der Waals surface area contributed by atoms with Crippen LogP contribution in [0.15, 0.2) is 85.2 Å². The molecule has 0 radical (unpaired) electrons. The summed E-state index contributed by atoms with van der Waals surface area (Å²) in [6.07, 6.45) is 4.36. The van der Waals surface area contributed by atoms with Crippen LogP contribution in [0.5, 0.6) is 0 Å². The summed E-state index contributed by atoms with van der Waals surface area (Å²) in [4.78, 5) is 31.8. The highest BCUT2D eigenvalue weighted by Gasteiger charge is 2.29. The fraction of sp³-hybridized carbons (Fsp3) is 0.269. The minimum absolute atomic E-state index is 0.0627. The highest BCUT2D eigenvalue weighted by Crippen LogP contribution is 2.14. The Labute approximate surface area is 206 Å². The van der Waals surface area contributed by atoms with Crippen LogP contribution in [0.1, 0.15) is 23.6 Å². The Kier molecular flexibility index (Phi) is 9.11. The number of hydrogen-bond donors (Lipinski definition) is 1. The van der Waals surface area contributed by atoms with Gasteiger partial charge in [-0.15, -0.1) is 0 Å². The van der Waals surface area contributed by atoms with Crippen molar-refractivity contribution in [2.24, 2.45) is 0 Å². The van der Waals surface area contributed by atoms with E-state index in [4.69, 9.17) is 0 Å². The molecule has 3 aromatic rings. The van der Waals surface area contributed by atoms with E-state index in [0.717, 1.165) is 27.3 Å². The Morgan fingerprint density at radius 3 is 1.94 bits per heavy atom. The average molecular weight is 495 g/mol. The Hall–Kier alpha value is -3.56. The van der Waals surface area contributed by atoms with E-state index >= 15 is 0 Å². The van der Waals surface area contributed by atoms with E-state index in [-0.39, 0.29) is 25.5 Å². The van der Waals surface area contributed by atoms with E-state index in [0.29, 0.717) is 6.54 Å². The van der Waals surface area contributed by atoms with Crippen LogP contribution in [-0.4, -0.2) is 53.3 Å². The van der Waals surface area contributed by atoms with Gasteiger partial charge in [0.15, 0.2) is 0 Å². The molecule has 0 aliphatic rings. The van der Waals surface area contributed by atoms with Gasteiger partial charge in [0.05, 0.1) is 12.8 Å². The molecule has 1 N–H and O–H groups in total. The number of carbonyl (C=O) groups is 2. The maximum Gasteiger partial charge on any atom is 0.242 e. The summed E-state index contributed by atoms with van der Waals surface area (Å²) in [5.41, 5.74) is 2.49. The Balaban J connectivity index is 1.78. The van der Waals surface area contributed by atoms with E-state index in [1.807, 2.05) is 48.5 Å². The number of benzene rings is 2. The molecule has 1 aromatic heterocycles. The molecule has 1 atom stereocenters. The van der Waals surface area contributed by atoms with E-state index in [1.54, 1.807) is 43.6 Å². The van der Waals surface area contributed by atoms with Crippen LogP contribution in [0.4, 0.5) is 0 Å². The molecule has 35 heavy (non-hydrogen) atoms. The summed E-state index contributed by atoms with van der Waals surface area (Å²) >= 11 is 0. The van der Waals surface area contributed by atoms with Crippen LogP contribution in [0.3, 0.4) is 0 Å². The van der Waals surface area contributed by atoms with Gasteiger partial charge in [0, 0.05) is 32.0 Å². The van der Waals surface area contributed by atoms with Crippen molar-refractivity contribution < 1.29 is 18.0 Å². The first-order chi connectivity index (χ1) is 16.7. The molecule has 3 rings (SSSR count). The molecule has 0 bridgehead atoms. The first-order valence-corrected chi connectivity index (χ1v) is 13.1. The lowest BCUT2D eigenvalue weighted by atomic mass is 10.1. The third kappa shape index (κ3) is 8.01. The van der Waals surface area contributed by atoms with Crippen molar-refractivity contribution in [2.45, 2.75) is 32.6 Å². The van der Waals surface area contributed by atoms with Crippen LogP contribution >= 0.6 is 0 Å². The van der Waals surface area contributed by atoms with Crippen molar-refractivity contribution >= 4 is 21.8 Å². The number of carbonyl (C=O) groups excluding carboxylic acids is 2. The molecule has 8 nitrogen and oxygen atoms in total. The van der Waals surface area contributed by atoms with E-state index in [2.05, 4.69) is 10.3 Å². The summed E-state index contributed by atoms with van der Waals surface area (Å²) < 4.78 is 26.1. The second kappa shape index (κ2) is 12.2. The van der Waals surface area contributed by atoms with Gasteiger partial charge in [-0.2, -0.15) is 4.31 Å². The maximum absolute atomic E-state index is 13.4. The standard InChI is InChI=1S/C26H30N4O4S/c1-21(26(32)28-17-22-13-15-27-16-14-22)30(19-24-11-7-4-8-12-24)25(31)20-29(35(2,33)34)18-23-9-5-3-6-10-23/h3-16,21H,17-20H2,1-2H3,(H,28,32). The second-order valence-corrected chi connectivity index (χ2v) is 10.3. The topological polar surface area (TPSA) is 99.7 Å². The Morgan fingerprint density at radius 2 is 1.40 bits per heavy atom. The van der Waals surface area contributed by atoms with Crippen LogP contribution in [0.25, 0.3) is 0 Å². The average Bonchev–Trinajstić information content (AvgIpc) is 2.86. The lowest BCUT2D eigenvalue weighted by Gasteiger charge is -2.31. The van der Waals surface area contributed by atoms with Gasteiger partial charge in [-0.25, -0.2) is 8.42 Å². The van der Waals surface area contributed by atoms with Crippen molar-refractivity contribution in [3.63, 3.8) is 0 Å². The lowest BCUT2D eigenvalue weighted by Crippen LogP contribution is -2.50. The number of pyridine rings is 1. The molecular weight excluding hydrogens is 464 g/mol. The van der Waals surface area contributed by atoms with Crippen molar-refractivity contribution in [1.82, 2.24) is 19.5 Å². The van der Waals surface area contributed by atoms with Gasteiger partial charge in [0.2, 0.25) is 21.8 Å². The molecule has 1 unspecified atom stereocenters. The summed E-state index contributed by atoms with van der Waals surface area (Å²) in [7, 11) is -3.68. The zero-order valence-electron chi connectivity index (χ0n) is 19.9. The van der Waals surface area contributed by atoms with Crippen LogP contribution in [-0.2, 0) is 39.2 Å². The minimum Gasteiger partial charge on any atom is -0.350 e. The van der Waals surface area contributed by atoms with E-state index < -0.39 is 22.0 Å². The molecule has 0 saturated heterocycles. The minimum atomic E-state index is -3.68. The van der Waals surface area contributed by atoms with Crippen molar-refractivity contribution in [3.05, 3.63) is 102 Å². The number of sulfonamides is 1. The number of aromatic nitrogens is 1. The number of nitrogens with one attached hydrogen (secondary N) is 1. The molecule has 9 heteroatoms. The van der Waals surface area contributed by atoms with Gasteiger partial charge >= 0.3 is 0 Å². The van der Waals surface area contributed by atoms with Crippen LogP contribution < -0.4 is 5.32 Å². The molecule has 0 spiro atoms. The number of rotatable bonds is 11. The zero-order valence-corrected chi connectivity index (χ0v) is 20.7. The van der Waals surface area contributed by atoms with Gasteiger partial charge in [-0.1, -0.05) is 60.7 Å². The van der Waals surface area contributed by atoms with Gasteiger partial charge in [-0.3, -0.25) is 14.6 Å². The highest BCUT2D eigenvalue weighted by atomic mass is 32.2.